The van der Waals surface area contributed by atoms with Crippen molar-refractivity contribution in [1.29, 1.82) is 0 Å². The van der Waals surface area contributed by atoms with Crippen molar-refractivity contribution in [2.75, 3.05) is 0 Å². The number of rotatable bonds is 7. The average Bonchev–Trinajstić information content (AvgIpc) is 3.42. The Morgan fingerprint density at radius 2 is 0.662 bits per heavy atom. The zero-order valence-electron chi connectivity index (χ0n) is 37.1. The summed E-state index contributed by atoms with van der Waals surface area (Å²) in [5.41, 5.74) is 14.4. The van der Waals surface area contributed by atoms with Gasteiger partial charge in [0, 0.05) is 16.7 Å². The maximum absolute atomic E-state index is 5.22. The Morgan fingerprint density at radius 3 is 1.32 bits per heavy atom. The fourth-order valence-corrected chi connectivity index (χ4v) is 10.2. The number of benzene rings is 12. The first-order valence-electron chi connectivity index (χ1n) is 23.3. The highest BCUT2D eigenvalue weighted by Crippen LogP contribution is 2.41. The lowest BCUT2D eigenvalue weighted by Gasteiger charge is -2.15. The van der Waals surface area contributed by atoms with Gasteiger partial charge in [0.05, 0.1) is 11.4 Å². The number of fused-ring (bicyclic) bond motifs is 6. The second-order valence-corrected chi connectivity index (χ2v) is 17.7. The molecule has 2 heteroatoms. The van der Waals surface area contributed by atoms with Gasteiger partial charge in [-0.3, -0.25) is 0 Å². The molecule has 0 atom stereocenters. The van der Waals surface area contributed by atoms with Gasteiger partial charge in [-0.05, 0) is 129 Å². The van der Waals surface area contributed by atoms with Gasteiger partial charge in [-0.1, -0.05) is 224 Å². The maximum atomic E-state index is 5.22. The van der Waals surface area contributed by atoms with Gasteiger partial charge in [-0.25, -0.2) is 9.97 Å². The fraction of sp³-hybridized carbons (Fsp3) is 0. The van der Waals surface area contributed by atoms with E-state index in [-0.39, 0.29) is 0 Å². The van der Waals surface area contributed by atoms with Gasteiger partial charge in [-0.15, -0.1) is 0 Å². The van der Waals surface area contributed by atoms with E-state index >= 15 is 0 Å². The summed E-state index contributed by atoms with van der Waals surface area (Å²) >= 11 is 0. The number of aromatic nitrogens is 2. The van der Waals surface area contributed by atoms with Gasteiger partial charge < -0.3 is 0 Å². The van der Waals surface area contributed by atoms with Crippen LogP contribution in [0.25, 0.3) is 132 Å². The van der Waals surface area contributed by atoms with Crippen molar-refractivity contribution >= 4 is 53.9 Å². The van der Waals surface area contributed by atoms with Crippen LogP contribution in [0, 0.1) is 0 Å². The molecule has 0 bridgehead atoms. The van der Waals surface area contributed by atoms with E-state index in [0.29, 0.717) is 5.82 Å². The van der Waals surface area contributed by atoms with E-state index in [1.165, 1.54) is 81.7 Å². The lowest BCUT2D eigenvalue weighted by molar-refractivity contribution is 1.18. The van der Waals surface area contributed by atoms with Crippen LogP contribution in [0.5, 0.6) is 0 Å². The standard InChI is InChI=1S/C66H42N2/c1-2-15-48(16-3-1)66-67-64(42-65(68-66)60-25-13-10-21-54(60)53-35-26-43-14-4-5-17-49(43)38-53)47-33-31-45(32-34-47)57-37-36-56(58-23-11-12-24-59(57)58)44-27-29-46(30-28-44)61-41-52-20-8-9-22-55(52)62-39-50-18-6-7-19-51(50)40-63(61)62/h1-42H. The molecule has 1 aromatic heterocycles. The predicted octanol–water partition coefficient (Wildman–Crippen LogP) is 17.9. The monoisotopic (exact) mass is 862 g/mol. The highest BCUT2D eigenvalue weighted by Gasteiger charge is 2.17. The van der Waals surface area contributed by atoms with Crippen LogP contribution >= 0.6 is 0 Å². The summed E-state index contributed by atoms with van der Waals surface area (Å²) < 4.78 is 0. The molecule has 0 radical (unpaired) electrons. The molecule has 316 valence electrons. The van der Waals surface area contributed by atoms with Gasteiger partial charge >= 0.3 is 0 Å². The minimum atomic E-state index is 0.698. The lowest BCUT2D eigenvalue weighted by atomic mass is 9.89. The van der Waals surface area contributed by atoms with E-state index in [1.54, 1.807) is 0 Å². The van der Waals surface area contributed by atoms with E-state index in [0.717, 1.165) is 44.8 Å². The third-order valence-corrected chi connectivity index (χ3v) is 13.7. The highest BCUT2D eigenvalue weighted by atomic mass is 14.9. The van der Waals surface area contributed by atoms with Crippen molar-refractivity contribution in [1.82, 2.24) is 9.97 Å². The van der Waals surface area contributed by atoms with Crippen molar-refractivity contribution in [2.24, 2.45) is 0 Å². The van der Waals surface area contributed by atoms with E-state index in [4.69, 9.17) is 9.97 Å². The topological polar surface area (TPSA) is 25.8 Å². The van der Waals surface area contributed by atoms with E-state index in [2.05, 4.69) is 237 Å². The lowest BCUT2D eigenvalue weighted by Crippen LogP contribution is -1.97. The van der Waals surface area contributed by atoms with Crippen molar-refractivity contribution < 1.29 is 0 Å². The Bertz CT molecular complexity index is 4060. The summed E-state index contributed by atoms with van der Waals surface area (Å²) in [4.78, 5) is 10.4. The number of nitrogens with zero attached hydrogens (tertiary/aromatic N) is 2. The normalized spacial score (nSPS) is 11.5. The fourth-order valence-electron chi connectivity index (χ4n) is 10.2. The molecule has 13 aromatic rings. The molecule has 13 rings (SSSR count). The van der Waals surface area contributed by atoms with Gasteiger partial charge in [0.25, 0.3) is 0 Å². The molecule has 0 N–H and O–H groups in total. The first kappa shape index (κ1) is 39.4. The van der Waals surface area contributed by atoms with Crippen LogP contribution in [0.4, 0.5) is 0 Å². The molecule has 1 heterocycles. The predicted molar refractivity (Wildman–Crippen MR) is 288 cm³/mol. The Morgan fingerprint density at radius 1 is 0.191 bits per heavy atom. The molecule has 0 saturated heterocycles. The minimum Gasteiger partial charge on any atom is -0.228 e. The first-order valence-corrected chi connectivity index (χ1v) is 23.3. The Labute approximate surface area is 395 Å². The van der Waals surface area contributed by atoms with Crippen LogP contribution in [-0.4, -0.2) is 9.97 Å². The Balaban J connectivity index is 0.858. The summed E-state index contributed by atoms with van der Waals surface area (Å²) in [6, 6.07) is 92.0. The molecule has 12 aromatic carbocycles. The smallest absolute Gasteiger partial charge is 0.160 e. The summed E-state index contributed by atoms with van der Waals surface area (Å²) in [6.45, 7) is 0. The van der Waals surface area contributed by atoms with Gasteiger partial charge in [0.15, 0.2) is 5.82 Å². The zero-order chi connectivity index (χ0) is 45.0. The highest BCUT2D eigenvalue weighted by molar-refractivity contribution is 6.17. The third-order valence-electron chi connectivity index (χ3n) is 13.7. The molecule has 0 unspecified atom stereocenters. The third kappa shape index (κ3) is 6.99. The second kappa shape index (κ2) is 16.5. The van der Waals surface area contributed by atoms with Gasteiger partial charge in [0.1, 0.15) is 0 Å². The molecule has 0 saturated carbocycles. The Hall–Kier alpha value is -8.98. The zero-order valence-corrected chi connectivity index (χ0v) is 37.1. The van der Waals surface area contributed by atoms with Crippen molar-refractivity contribution in [3.05, 3.63) is 255 Å². The molecule has 0 aliphatic rings. The summed E-state index contributed by atoms with van der Waals surface area (Å²) in [5.74, 6) is 0.698. The molecule has 2 nitrogen and oxygen atoms in total. The molecule has 0 aliphatic carbocycles. The summed E-state index contributed by atoms with van der Waals surface area (Å²) in [6.07, 6.45) is 0. The molecule has 0 amide bonds. The average molecular weight is 863 g/mol. The van der Waals surface area contributed by atoms with Crippen LogP contribution in [0.2, 0.25) is 0 Å². The molecule has 68 heavy (non-hydrogen) atoms. The Kier molecular flexibility index (Phi) is 9.54. The van der Waals surface area contributed by atoms with Gasteiger partial charge in [-0.2, -0.15) is 0 Å². The quantitative estimate of drug-likeness (QED) is 0.118. The van der Waals surface area contributed by atoms with Crippen LogP contribution in [0.1, 0.15) is 0 Å². The summed E-state index contributed by atoms with van der Waals surface area (Å²) in [7, 11) is 0. The maximum Gasteiger partial charge on any atom is 0.160 e. The van der Waals surface area contributed by atoms with Crippen LogP contribution in [0.15, 0.2) is 255 Å². The SMILES string of the molecule is c1ccc(-c2nc(-c3ccc(-c4ccc(-c5ccc(-c6cc7ccccc7c7cc8ccccc8cc67)cc5)c5ccccc45)cc3)cc(-c3ccccc3-c3ccc4ccccc4c3)n2)cc1. The molecular weight excluding hydrogens is 821 g/mol. The molecule has 0 fully saturated rings. The van der Waals surface area contributed by atoms with Crippen LogP contribution < -0.4 is 0 Å². The van der Waals surface area contributed by atoms with Crippen molar-refractivity contribution in [3.8, 4) is 78.4 Å². The van der Waals surface area contributed by atoms with E-state index in [1.807, 2.05) is 18.2 Å². The first-order chi connectivity index (χ1) is 33.7. The molecule has 0 spiro atoms. The molecular formula is C66H42N2. The second-order valence-electron chi connectivity index (χ2n) is 17.7. The number of hydrogen-bond donors (Lipinski definition) is 0. The van der Waals surface area contributed by atoms with Crippen LogP contribution in [0.3, 0.4) is 0 Å². The van der Waals surface area contributed by atoms with Gasteiger partial charge in [0.2, 0.25) is 0 Å². The largest absolute Gasteiger partial charge is 0.228 e. The number of hydrogen-bond acceptors (Lipinski definition) is 2. The molecule has 0 aliphatic heterocycles. The summed E-state index contributed by atoms with van der Waals surface area (Å²) in [5, 5.41) is 12.5. The minimum absolute atomic E-state index is 0.698. The van der Waals surface area contributed by atoms with Crippen molar-refractivity contribution in [3.63, 3.8) is 0 Å². The van der Waals surface area contributed by atoms with E-state index < -0.39 is 0 Å². The van der Waals surface area contributed by atoms with E-state index in [9.17, 15) is 0 Å². The van der Waals surface area contributed by atoms with Crippen LogP contribution in [-0.2, 0) is 0 Å². The van der Waals surface area contributed by atoms with Crippen molar-refractivity contribution in [2.45, 2.75) is 0 Å².